The van der Waals surface area contributed by atoms with Crippen molar-refractivity contribution >= 4 is 45.7 Å². The van der Waals surface area contributed by atoms with Crippen LogP contribution in [0.5, 0.6) is 0 Å². The molecule has 0 spiro atoms. The quantitative estimate of drug-likeness (QED) is 0.261. The van der Waals surface area contributed by atoms with Gasteiger partial charge in [-0.25, -0.2) is 4.98 Å². The minimum atomic E-state index is -4.55. The standard InChI is InChI=1S/C21H16F3N3O2S2/c1-12-10-30-20(25-12)31-11-14-13-6-2-5-9-17(13)29-18(14)19(28)27-26-16-8-4-3-7-15(16)21(22,23)24/h2-10,26H,11H2,1H3,(H,27,28). The van der Waals surface area contributed by atoms with Gasteiger partial charge in [0.25, 0.3) is 0 Å². The van der Waals surface area contributed by atoms with Crippen LogP contribution in [0.15, 0.2) is 62.7 Å². The van der Waals surface area contributed by atoms with Crippen molar-refractivity contribution in [1.82, 2.24) is 10.4 Å². The van der Waals surface area contributed by atoms with E-state index >= 15 is 0 Å². The fraction of sp³-hybridized carbons (Fsp3) is 0.143. The lowest BCUT2D eigenvalue weighted by atomic mass is 10.1. The van der Waals surface area contributed by atoms with Crippen molar-refractivity contribution in [3.63, 3.8) is 0 Å². The minimum Gasteiger partial charge on any atom is -0.451 e. The highest BCUT2D eigenvalue weighted by Crippen LogP contribution is 2.35. The molecule has 2 aromatic carbocycles. The number of aryl methyl sites for hydroxylation is 1. The third-order valence-corrected chi connectivity index (χ3v) is 6.55. The number of carbonyl (C=O) groups is 1. The lowest BCUT2D eigenvalue weighted by Crippen LogP contribution is -2.30. The van der Waals surface area contributed by atoms with Gasteiger partial charge in [0.2, 0.25) is 0 Å². The van der Waals surface area contributed by atoms with E-state index in [-0.39, 0.29) is 11.4 Å². The van der Waals surface area contributed by atoms with Gasteiger partial charge in [-0.1, -0.05) is 42.1 Å². The number of fused-ring (bicyclic) bond motifs is 1. The molecule has 2 N–H and O–H groups in total. The number of rotatable bonds is 6. The monoisotopic (exact) mass is 463 g/mol. The van der Waals surface area contributed by atoms with Crippen molar-refractivity contribution in [2.75, 3.05) is 5.43 Å². The molecule has 0 fully saturated rings. The Bertz CT molecular complexity index is 1230. The third kappa shape index (κ3) is 4.70. The van der Waals surface area contributed by atoms with Crippen LogP contribution in [0.2, 0.25) is 0 Å². The Kier molecular flexibility index (Phi) is 5.92. The molecule has 31 heavy (non-hydrogen) atoms. The Morgan fingerprint density at radius 1 is 1.16 bits per heavy atom. The van der Waals surface area contributed by atoms with E-state index in [9.17, 15) is 18.0 Å². The molecule has 4 aromatic rings. The normalized spacial score (nSPS) is 11.6. The molecule has 2 heterocycles. The molecule has 160 valence electrons. The van der Waals surface area contributed by atoms with Crippen LogP contribution in [0.1, 0.15) is 27.4 Å². The molecule has 0 saturated heterocycles. The first kappa shape index (κ1) is 21.3. The van der Waals surface area contributed by atoms with Crippen molar-refractivity contribution in [2.45, 2.75) is 23.2 Å². The van der Waals surface area contributed by atoms with Gasteiger partial charge in [-0.2, -0.15) is 13.2 Å². The third-order valence-electron chi connectivity index (χ3n) is 4.39. The van der Waals surface area contributed by atoms with Crippen LogP contribution >= 0.6 is 23.1 Å². The SMILES string of the molecule is Cc1csc(SCc2c(C(=O)NNc3ccccc3C(F)(F)F)oc3ccccc23)n1. The molecule has 0 bridgehead atoms. The summed E-state index contributed by atoms with van der Waals surface area (Å²) in [5, 5.41) is 2.70. The largest absolute Gasteiger partial charge is 0.451 e. The molecule has 0 saturated carbocycles. The Balaban J connectivity index is 1.58. The molecule has 0 aliphatic heterocycles. The number of alkyl halides is 3. The summed E-state index contributed by atoms with van der Waals surface area (Å²) in [5.41, 5.74) is 5.65. The highest BCUT2D eigenvalue weighted by molar-refractivity contribution is 8.00. The zero-order valence-electron chi connectivity index (χ0n) is 16.1. The van der Waals surface area contributed by atoms with E-state index in [0.717, 1.165) is 21.5 Å². The summed E-state index contributed by atoms with van der Waals surface area (Å²) in [6.07, 6.45) is -4.55. The van der Waals surface area contributed by atoms with Gasteiger partial charge in [0.05, 0.1) is 11.3 Å². The Hall–Kier alpha value is -2.98. The van der Waals surface area contributed by atoms with E-state index in [2.05, 4.69) is 15.8 Å². The van der Waals surface area contributed by atoms with Gasteiger partial charge in [-0.15, -0.1) is 11.3 Å². The van der Waals surface area contributed by atoms with Gasteiger partial charge in [-0.3, -0.25) is 15.6 Å². The smallest absolute Gasteiger partial charge is 0.418 e. The van der Waals surface area contributed by atoms with Gasteiger partial charge in [0, 0.05) is 27.8 Å². The van der Waals surface area contributed by atoms with Crippen LogP contribution in [0.3, 0.4) is 0 Å². The number of para-hydroxylation sites is 2. The fourth-order valence-electron chi connectivity index (χ4n) is 2.98. The Morgan fingerprint density at radius 3 is 2.65 bits per heavy atom. The molecule has 1 amide bonds. The summed E-state index contributed by atoms with van der Waals surface area (Å²) >= 11 is 2.97. The van der Waals surface area contributed by atoms with Crippen LogP contribution < -0.4 is 10.9 Å². The molecule has 4 rings (SSSR count). The molecular weight excluding hydrogens is 447 g/mol. The number of hydrazine groups is 1. The van der Waals surface area contributed by atoms with Crippen LogP contribution in [-0.4, -0.2) is 10.9 Å². The van der Waals surface area contributed by atoms with Crippen molar-refractivity contribution in [2.24, 2.45) is 0 Å². The van der Waals surface area contributed by atoms with E-state index in [0.29, 0.717) is 16.9 Å². The van der Waals surface area contributed by atoms with E-state index < -0.39 is 17.6 Å². The van der Waals surface area contributed by atoms with Crippen LogP contribution in [-0.2, 0) is 11.9 Å². The molecule has 5 nitrogen and oxygen atoms in total. The predicted octanol–water partition coefficient (Wildman–Crippen LogP) is 6.27. The fourth-order valence-corrected chi connectivity index (χ4v) is 4.86. The van der Waals surface area contributed by atoms with E-state index in [1.165, 1.54) is 41.3 Å². The van der Waals surface area contributed by atoms with Gasteiger partial charge < -0.3 is 4.42 Å². The van der Waals surface area contributed by atoms with Crippen molar-refractivity contribution in [3.05, 3.63) is 76.5 Å². The number of anilines is 1. The number of aromatic nitrogens is 1. The Labute approximate surface area is 183 Å². The molecule has 0 aliphatic rings. The summed E-state index contributed by atoms with van der Waals surface area (Å²) in [6, 6.07) is 12.1. The summed E-state index contributed by atoms with van der Waals surface area (Å²) < 4.78 is 46.1. The average molecular weight is 464 g/mol. The highest BCUT2D eigenvalue weighted by Gasteiger charge is 2.33. The number of benzene rings is 2. The zero-order chi connectivity index (χ0) is 22.0. The summed E-state index contributed by atoms with van der Waals surface area (Å²) in [7, 11) is 0. The number of nitrogens with zero attached hydrogens (tertiary/aromatic N) is 1. The second-order valence-electron chi connectivity index (χ2n) is 6.57. The van der Waals surface area contributed by atoms with Crippen molar-refractivity contribution < 1.29 is 22.4 Å². The second-order valence-corrected chi connectivity index (χ2v) is 8.65. The van der Waals surface area contributed by atoms with Gasteiger partial charge in [-0.05, 0) is 25.1 Å². The number of halogens is 3. The maximum atomic E-state index is 13.2. The minimum absolute atomic E-state index is 0.0407. The number of carbonyl (C=O) groups excluding carboxylic acids is 1. The number of amides is 1. The number of hydrogen-bond donors (Lipinski definition) is 2. The van der Waals surface area contributed by atoms with Crippen LogP contribution in [0.4, 0.5) is 18.9 Å². The summed E-state index contributed by atoms with van der Waals surface area (Å²) in [6.45, 7) is 1.90. The average Bonchev–Trinajstić information content (AvgIpc) is 3.33. The van der Waals surface area contributed by atoms with E-state index in [4.69, 9.17) is 4.42 Å². The molecular formula is C21H16F3N3O2S2. The first-order valence-corrected chi connectivity index (χ1v) is 11.0. The lowest BCUT2D eigenvalue weighted by Gasteiger charge is -2.14. The van der Waals surface area contributed by atoms with Crippen molar-refractivity contribution in [3.8, 4) is 0 Å². The maximum Gasteiger partial charge on any atom is 0.418 e. The van der Waals surface area contributed by atoms with Gasteiger partial charge in [0.15, 0.2) is 5.76 Å². The second kappa shape index (κ2) is 8.64. The Morgan fingerprint density at radius 2 is 1.90 bits per heavy atom. The summed E-state index contributed by atoms with van der Waals surface area (Å²) in [5.74, 6) is -0.204. The topological polar surface area (TPSA) is 67.2 Å². The first-order valence-electron chi connectivity index (χ1n) is 9.11. The number of nitrogens with one attached hydrogen (secondary N) is 2. The molecule has 0 atom stereocenters. The molecule has 0 radical (unpaired) electrons. The highest BCUT2D eigenvalue weighted by atomic mass is 32.2. The number of hydrogen-bond acceptors (Lipinski definition) is 6. The van der Waals surface area contributed by atoms with E-state index in [1.807, 2.05) is 24.4 Å². The zero-order valence-corrected chi connectivity index (χ0v) is 17.8. The first-order chi connectivity index (χ1) is 14.8. The summed E-state index contributed by atoms with van der Waals surface area (Å²) in [4.78, 5) is 17.2. The van der Waals surface area contributed by atoms with Gasteiger partial charge >= 0.3 is 12.1 Å². The molecule has 10 heteroatoms. The number of thioether (sulfide) groups is 1. The number of furan rings is 1. The maximum absolute atomic E-state index is 13.2. The van der Waals surface area contributed by atoms with Crippen LogP contribution in [0, 0.1) is 6.92 Å². The van der Waals surface area contributed by atoms with Crippen molar-refractivity contribution in [1.29, 1.82) is 0 Å². The van der Waals surface area contributed by atoms with Crippen LogP contribution in [0.25, 0.3) is 11.0 Å². The van der Waals surface area contributed by atoms with Gasteiger partial charge in [0.1, 0.15) is 9.92 Å². The van der Waals surface area contributed by atoms with E-state index in [1.54, 1.807) is 12.1 Å². The molecule has 0 aliphatic carbocycles. The number of thiazole rings is 1. The predicted molar refractivity (Wildman–Crippen MR) is 115 cm³/mol. The molecule has 0 unspecified atom stereocenters. The lowest BCUT2D eigenvalue weighted by molar-refractivity contribution is -0.137. The molecule has 2 aromatic heterocycles.